The largest absolute Gasteiger partial charge is 0.0683 e. The fourth-order valence-electron chi connectivity index (χ4n) is 0.167. The first kappa shape index (κ1) is 103. The van der Waals surface area contributed by atoms with Crippen LogP contribution in [0, 0.1) is 5.92 Å². The second kappa shape index (κ2) is 1350. The molecule has 0 radical (unpaired) electrons. The smallest absolute Gasteiger partial charge is 0.0443 e. The van der Waals surface area contributed by atoms with E-state index < -0.39 is 0 Å². The van der Waals surface area contributed by atoms with Crippen molar-refractivity contribution in [2.75, 3.05) is 0 Å². The van der Waals surface area contributed by atoms with E-state index in [1.165, 1.54) is 12.8 Å². The molecule has 0 heterocycles. The lowest BCUT2D eigenvalue weighted by Gasteiger charge is -1.53. The lowest BCUT2D eigenvalue weighted by Crippen LogP contribution is -1.42. The Bertz CT molecular complexity index is 19.2. The van der Waals surface area contributed by atoms with Gasteiger partial charge in [-0.1, -0.05) is 227 Å². The highest BCUT2D eigenvalue weighted by Crippen LogP contribution is 2.26. The van der Waals surface area contributed by atoms with E-state index in [0.29, 0.717) is 0 Å². The first-order valence-electron chi connectivity index (χ1n) is 16.9. The zero-order valence-electron chi connectivity index (χ0n) is 33.0. The molecule has 0 unspecified atom stereocenters. The maximum atomic E-state index is 2.28. The van der Waals surface area contributed by atoms with Crippen LogP contribution >= 0.6 is 0 Å². The van der Waals surface area contributed by atoms with E-state index in [9.17, 15) is 0 Å². The van der Waals surface area contributed by atoms with Crippen molar-refractivity contribution >= 4 is 0 Å². The Kier molecular flexibility index (Phi) is 4080. The van der Waals surface area contributed by atoms with Gasteiger partial charge in [0, 0.05) is 0 Å². The van der Waals surface area contributed by atoms with Crippen molar-refractivity contribution in [3.63, 3.8) is 0 Å². The zero-order valence-corrected chi connectivity index (χ0v) is 33.0. The summed E-state index contributed by atoms with van der Waals surface area (Å²) in [6, 6.07) is 0. The van der Waals surface area contributed by atoms with Gasteiger partial charge in [0.05, 0.1) is 0 Å². The minimum absolute atomic E-state index is 1.08. The van der Waals surface area contributed by atoms with Gasteiger partial charge in [-0.15, -0.1) is 0 Å². The highest BCUT2D eigenvalue weighted by atomic mass is 14.2. The first-order valence-corrected chi connectivity index (χ1v) is 16.9. The molecule has 0 N–H and O–H groups in total. The summed E-state index contributed by atoms with van der Waals surface area (Å²) in [5.41, 5.74) is 0. The summed E-state index contributed by atoms with van der Waals surface area (Å²) in [5.74, 6) is 1.08. The molecule has 234 valence electrons. The highest BCUT2D eigenvalue weighted by molar-refractivity contribution is 4.65. The Morgan fingerprint density at radius 1 is 0.206 bits per heavy atom. The van der Waals surface area contributed by atoms with Crippen molar-refractivity contribution in [3.8, 4) is 0 Å². The number of rotatable bonds is 0. The first-order chi connectivity index (χ1) is 16.9. The zero-order chi connectivity index (χ0) is 33.0. The van der Waals surface area contributed by atoms with Gasteiger partial charge in [-0.25, -0.2) is 0 Å². The SMILES string of the molecule is CC.CC.CC.CC.CC.CC.CC.CC.CC.CC.CC.CC.CC.CC.CC.CC1CC1. The summed E-state index contributed by atoms with van der Waals surface area (Å²) in [6.45, 7) is 62.3. The van der Waals surface area contributed by atoms with Crippen molar-refractivity contribution in [1.29, 1.82) is 0 Å². The van der Waals surface area contributed by atoms with Gasteiger partial charge >= 0.3 is 0 Å². The maximum Gasteiger partial charge on any atom is -0.0443 e. The minimum Gasteiger partial charge on any atom is -0.0683 e. The number of hydrogen-bond donors (Lipinski definition) is 0. The Labute approximate surface area is 233 Å². The van der Waals surface area contributed by atoms with Gasteiger partial charge in [0.2, 0.25) is 0 Å². The van der Waals surface area contributed by atoms with E-state index in [2.05, 4.69) is 6.92 Å². The Morgan fingerprint density at radius 3 is 0.235 bits per heavy atom. The quantitative estimate of drug-likeness (QED) is 0.306. The molecule has 0 aliphatic heterocycles. The second-order valence-electron chi connectivity index (χ2n) is 1.68. The van der Waals surface area contributed by atoms with E-state index in [0.717, 1.165) is 5.92 Å². The monoisotopic (exact) mass is 507 g/mol. The third-order valence-electron chi connectivity index (χ3n) is 0.866. The predicted octanol–water partition coefficient (Wildman–Crippen LogP) is 16.8. The molecule has 0 amide bonds. The van der Waals surface area contributed by atoms with Gasteiger partial charge in [0.15, 0.2) is 0 Å². The molecule has 0 nitrogen and oxygen atoms in total. The van der Waals surface area contributed by atoms with Crippen LogP contribution in [0.5, 0.6) is 0 Å². The van der Waals surface area contributed by atoms with Gasteiger partial charge in [0.1, 0.15) is 0 Å². The van der Waals surface area contributed by atoms with Gasteiger partial charge in [0.25, 0.3) is 0 Å². The molecule has 0 saturated heterocycles. The van der Waals surface area contributed by atoms with E-state index in [1.54, 1.807) is 0 Å². The summed E-state index contributed by atoms with van der Waals surface area (Å²) in [6.07, 6.45) is 2.97. The molecule has 0 aromatic carbocycles. The van der Waals surface area contributed by atoms with Crippen molar-refractivity contribution in [2.24, 2.45) is 5.92 Å². The fourth-order valence-corrected chi connectivity index (χ4v) is 0.167. The van der Waals surface area contributed by atoms with E-state index in [4.69, 9.17) is 0 Å². The van der Waals surface area contributed by atoms with Crippen molar-refractivity contribution in [1.82, 2.24) is 0 Å². The van der Waals surface area contributed by atoms with Crippen LogP contribution in [-0.2, 0) is 0 Å². The molecule has 1 fully saturated rings. The lowest BCUT2D eigenvalue weighted by molar-refractivity contribution is 0.983. The van der Waals surface area contributed by atoms with Crippen LogP contribution < -0.4 is 0 Å². The molecular formula is C34H98. The normalized spacial score (nSPS) is 5.74. The molecule has 1 rings (SSSR count). The maximum absolute atomic E-state index is 2.28. The Morgan fingerprint density at radius 2 is 0.235 bits per heavy atom. The Balaban J connectivity index is -0.00000000880. The second-order valence-corrected chi connectivity index (χ2v) is 1.68. The molecule has 0 aromatic rings. The Hall–Kier alpha value is 0. The molecule has 34 heavy (non-hydrogen) atoms. The summed E-state index contributed by atoms with van der Waals surface area (Å²) in [5, 5.41) is 0. The lowest BCUT2D eigenvalue weighted by atomic mass is 10.5. The molecule has 0 spiro atoms. The van der Waals surface area contributed by atoms with Gasteiger partial charge in [-0.05, 0) is 5.92 Å². The van der Waals surface area contributed by atoms with Gasteiger partial charge in [-0.3, -0.25) is 0 Å². The molecule has 0 atom stereocenters. The molecule has 0 heteroatoms. The third-order valence-corrected chi connectivity index (χ3v) is 0.866. The van der Waals surface area contributed by atoms with Crippen LogP contribution in [0.2, 0.25) is 0 Å². The predicted molar refractivity (Wildman–Crippen MR) is 189 cm³/mol. The summed E-state index contributed by atoms with van der Waals surface area (Å²) in [4.78, 5) is 0. The van der Waals surface area contributed by atoms with Crippen molar-refractivity contribution in [3.05, 3.63) is 0 Å². The fraction of sp³-hybridized carbons (Fsp3) is 1.00. The molecule has 1 aliphatic rings. The van der Waals surface area contributed by atoms with E-state index in [1.807, 2.05) is 208 Å². The van der Waals surface area contributed by atoms with E-state index in [-0.39, 0.29) is 0 Å². The van der Waals surface area contributed by atoms with Crippen LogP contribution in [0.4, 0.5) is 0 Å². The third kappa shape index (κ3) is 3420. The minimum atomic E-state index is 1.08. The molecule has 1 saturated carbocycles. The molecular weight excluding hydrogens is 408 g/mol. The molecule has 0 bridgehead atoms. The van der Waals surface area contributed by atoms with Gasteiger partial charge in [-0.2, -0.15) is 0 Å². The molecule has 1 aliphatic carbocycles. The topological polar surface area (TPSA) is 0 Å². The summed E-state index contributed by atoms with van der Waals surface area (Å²) < 4.78 is 0. The van der Waals surface area contributed by atoms with E-state index >= 15 is 0 Å². The number of hydrogen-bond acceptors (Lipinski definition) is 0. The standard InChI is InChI=1S/C4H8.15C2H6/c1-4-2-3-4;15*1-2/h4H,2-3H2,1H3;15*1-2H3. The molecule has 0 aromatic heterocycles. The van der Waals surface area contributed by atoms with Crippen LogP contribution in [0.1, 0.15) is 227 Å². The van der Waals surface area contributed by atoms with Crippen LogP contribution in [0.15, 0.2) is 0 Å². The summed E-state index contributed by atoms with van der Waals surface area (Å²) >= 11 is 0. The van der Waals surface area contributed by atoms with Crippen LogP contribution in [0.25, 0.3) is 0 Å². The van der Waals surface area contributed by atoms with Crippen LogP contribution in [-0.4, -0.2) is 0 Å². The van der Waals surface area contributed by atoms with Gasteiger partial charge < -0.3 is 0 Å². The summed E-state index contributed by atoms with van der Waals surface area (Å²) in [7, 11) is 0. The van der Waals surface area contributed by atoms with Crippen molar-refractivity contribution < 1.29 is 0 Å². The van der Waals surface area contributed by atoms with Crippen molar-refractivity contribution in [2.45, 2.75) is 227 Å². The average molecular weight is 507 g/mol. The highest BCUT2D eigenvalue weighted by Gasteiger charge is 2.12. The average Bonchev–Trinajstić information content (AvgIpc) is 3.86. The van der Waals surface area contributed by atoms with Crippen LogP contribution in [0.3, 0.4) is 0 Å².